The molecule has 0 amide bonds. The topological polar surface area (TPSA) is 47.4 Å². The van der Waals surface area contributed by atoms with Crippen molar-refractivity contribution in [1.82, 2.24) is 4.58 Å². The van der Waals surface area contributed by atoms with Crippen molar-refractivity contribution in [2.24, 2.45) is 11.8 Å². The molecule has 3 aliphatic rings. The van der Waals surface area contributed by atoms with E-state index in [0.29, 0.717) is 36.0 Å². The van der Waals surface area contributed by atoms with Crippen molar-refractivity contribution < 1.29 is 4.79 Å². The molecule has 2 aliphatic heterocycles. The van der Waals surface area contributed by atoms with Gasteiger partial charge in [-0.15, -0.1) is 0 Å². The maximum atomic E-state index is 15.1. The van der Waals surface area contributed by atoms with Crippen LogP contribution in [0.3, 0.4) is 0 Å². The number of carbonyl (C=O) groups is 1. The molecule has 0 radical (unpaired) electrons. The Kier molecular flexibility index (Phi) is 13.0. The second-order valence-corrected chi connectivity index (χ2v) is 19.1. The summed E-state index contributed by atoms with van der Waals surface area (Å²) in [4.78, 5) is 17.7. The number of benzene rings is 2. The fraction of sp³-hybridized carbons (Fsp3) is 0.608. The average Bonchev–Trinajstić information content (AvgIpc) is 3.45. The van der Waals surface area contributed by atoms with Crippen LogP contribution in [-0.2, 0) is 15.6 Å². The average molecular weight is 762 g/mol. The number of hydrogen-bond donors (Lipinski definition) is 2. The maximum absolute atomic E-state index is 15.1. The van der Waals surface area contributed by atoms with Gasteiger partial charge in [-0.05, 0) is 129 Å². The minimum atomic E-state index is -0.0830. The fourth-order valence-corrected chi connectivity index (χ4v) is 10.1. The van der Waals surface area contributed by atoms with Gasteiger partial charge in [0.2, 0.25) is 5.36 Å². The highest BCUT2D eigenvalue weighted by Gasteiger charge is 2.47. The van der Waals surface area contributed by atoms with E-state index in [1.807, 2.05) is 0 Å². The monoisotopic (exact) mass is 762 g/mol. The van der Waals surface area contributed by atoms with E-state index in [1.165, 1.54) is 47.9 Å². The number of rotatable bonds is 17. The Morgan fingerprint density at radius 2 is 1.34 bits per heavy atom. The minimum Gasteiger partial charge on any atom is -0.365 e. The highest BCUT2D eigenvalue weighted by atomic mass is 16.1. The Morgan fingerprint density at radius 3 is 1.82 bits per heavy atom. The van der Waals surface area contributed by atoms with E-state index < -0.39 is 0 Å². The first-order valence-electron chi connectivity index (χ1n) is 22.3. The van der Waals surface area contributed by atoms with E-state index in [4.69, 9.17) is 0 Å². The van der Waals surface area contributed by atoms with Crippen LogP contribution in [-0.4, -0.2) is 30.0 Å². The Morgan fingerprint density at radius 1 is 0.786 bits per heavy atom. The van der Waals surface area contributed by atoms with Gasteiger partial charge in [0, 0.05) is 73.8 Å². The standard InChI is InChI=1S/C51H76N4O/c1-18-22-24-37(20-3)33(10)52-43-28-45-41(50(14,15)35(12)54(45)30(5)6)26-39(43)47-32(9)48(49(47)56)40-27-42-46(55(31(7)8)36(13)51(42,16)17)29-44(40)53-34(11)38(21-4)25-23-19-2/h26-31,35-38H,10-11,18-25H2,1-9,12-17H3,(H,52,53)/p+1. The molecule has 4 atom stereocenters. The van der Waals surface area contributed by atoms with Gasteiger partial charge in [-0.3, -0.25) is 4.79 Å². The van der Waals surface area contributed by atoms with Gasteiger partial charge < -0.3 is 15.5 Å². The summed E-state index contributed by atoms with van der Waals surface area (Å²) in [5.74, 6) is 0.862. The highest BCUT2D eigenvalue weighted by molar-refractivity contribution is 6.53. The Labute approximate surface area is 341 Å². The summed E-state index contributed by atoms with van der Waals surface area (Å²) in [5.41, 5.74) is 11.5. The number of unbranched alkanes of at least 4 members (excludes halogenated alkanes) is 2. The van der Waals surface area contributed by atoms with E-state index in [-0.39, 0.29) is 16.6 Å². The molecule has 0 aromatic heterocycles. The largest absolute Gasteiger partial charge is 0.365 e. The normalized spacial score (nSPS) is 21.7. The van der Waals surface area contributed by atoms with Gasteiger partial charge in [-0.1, -0.05) is 80.4 Å². The Balaban J connectivity index is 1.78. The lowest BCUT2D eigenvalue weighted by Crippen LogP contribution is -2.42. The molecule has 2 heterocycles. The molecule has 4 unspecified atom stereocenters. The van der Waals surface area contributed by atoms with Crippen LogP contribution in [0.25, 0.3) is 11.1 Å². The molecule has 2 aromatic rings. The molecule has 5 heteroatoms. The van der Waals surface area contributed by atoms with Crippen molar-refractivity contribution in [2.75, 3.05) is 15.5 Å². The molecule has 0 saturated heterocycles. The van der Waals surface area contributed by atoms with Gasteiger partial charge in [-0.2, -0.15) is 0 Å². The lowest BCUT2D eigenvalue weighted by molar-refractivity contribution is -0.109. The van der Waals surface area contributed by atoms with Gasteiger partial charge in [0.05, 0.1) is 11.1 Å². The smallest absolute Gasteiger partial charge is 0.206 e. The summed E-state index contributed by atoms with van der Waals surface area (Å²) in [6.07, 6.45) is 8.98. The van der Waals surface area contributed by atoms with Crippen LogP contribution in [0.15, 0.2) is 54.4 Å². The Hall–Kier alpha value is -3.60. The third kappa shape index (κ3) is 7.46. The predicted octanol–water partition coefficient (Wildman–Crippen LogP) is 11.7. The van der Waals surface area contributed by atoms with Gasteiger partial charge in [-0.25, -0.2) is 4.58 Å². The fourth-order valence-electron chi connectivity index (χ4n) is 10.1. The molecule has 5 rings (SSSR count). The van der Waals surface area contributed by atoms with E-state index in [2.05, 4.69) is 161 Å². The van der Waals surface area contributed by atoms with Crippen molar-refractivity contribution >= 4 is 34.0 Å². The second-order valence-electron chi connectivity index (χ2n) is 19.1. The summed E-state index contributed by atoms with van der Waals surface area (Å²) in [6, 6.07) is 10.7. The number of Topliss-reactive ketones (excluding diaryl/α,β-unsaturated/α-hetero) is 1. The van der Waals surface area contributed by atoms with Crippen LogP contribution in [0.1, 0.15) is 172 Å². The van der Waals surface area contributed by atoms with Gasteiger partial charge >= 0.3 is 0 Å². The van der Waals surface area contributed by atoms with E-state index in [1.54, 1.807) is 0 Å². The quantitative estimate of drug-likeness (QED) is 0.158. The van der Waals surface area contributed by atoms with Crippen molar-refractivity contribution in [3.8, 4) is 0 Å². The van der Waals surface area contributed by atoms with Crippen LogP contribution in [0, 0.1) is 11.8 Å². The summed E-state index contributed by atoms with van der Waals surface area (Å²) >= 11 is 0. The van der Waals surface area contributed by atoms with Crippen LogP contribution >= 0.6 is 0 Å². The van der Waals surface area contributed by atoms with Crippen LogP contribution in [0.4, 0.5) is 17.1 Å². The lowest BCUT2D eigenvalue weighted by atomic mass is 9.74. The summed E-state index contributed by atoms with van der Waals surface area (Å²) < 4.78 is 2.56. The number of nitrogens with zero attached hydrogens (tertiary/aromatic N) is 2. The zero-order valence-electron chi connectivity index (χ0n) is 38.1. The summed E-state index contributed by atoms with van der Waals surface area (Å²) in [5, 5.41) is 9.93. The van der Waals surface area contributed by atoms with Gasteiger partial charge in [0.1, 0.15) is 6.04 Å². The molecule has 2 N–H and O–H groups in total. The predicted molar refractivity (Wildman–Crippen MR) is 244 cm³/mol. The number of allylic oxidation sites excluding steroid dienone is 4. The first-order valence-corrected chi connectivity index (χ1v) is 22.3. The molecule has 0 fully saturated rings. The SMILES string of the molecule is C=C(Nc1cc2c(cc1C1=C(C)/C(=c3\cc4c(cc3NC(=C)C(CC)CCCC)=[N+](C(C)C)C(C)C4(C)C)C1=O)C(C)(C)C(C)N2C(C)C)C(CC)CCCC. The van der Waals surface area contributed by atoms with Gasteiger partial charge in [0.25, 0.3) is 0 Å². The van der Waals surface area contributed by atoms with E-state index >= 15 is 4.79 Å². The van der Waals surface area contributed by atoms with Crippen LogP contribution < -0.4 is 30.7 Å². The molecule has 56 heavy (non-hydrogen) atoms. The molecule has 0 bridgehead atoms. The lowest BCUT2D eigenvalue weighted by Gasteiger charge is -2.34. The van der Waals surface area contributed by atoms with E-state index in [9.17, 15) is 0 Å². The molecule has 2 aromatic carbocycles. The molecule has 5 nitrogen and oxygen atoms in total. The number of nitrogens with one attached hydrogen (secondary N) is 2. The van der Waals surface area contributed by atoms with Crippen LogP contribution in [0.5, 0.6) is 0 Å². The van der Waals surface area contributed by atoms with Crippen molar-refractivity contribution in [1.29, 1.82) is 0 Å². The van der Waals surface area contributed by atoms with Crippen molar-refractivity contribution in [2.45, 2.75) is 190 Å². The Bertz CT molecular complexity index is 2020. The molecular weight excluding hydrogens is 685 g/mol. The zero-order chi connectivity index (χ0) is 41.6. The number of ketones is 1. The molecule has 0 saturated carbocycles. The van der Waals surface area contributed by atoms with Gasteiger partial charge in [0.15, 0.2) is 11.8 Å². The molecule has 0 spiro atoms. The second kappa shape index (κ2) is 16.7. The zero-order valence-corrected chi connectivity index (χ0v) is 38.1. The number of hydrogen-bond acceptors (Lipinski definition) is 4. The van der Waals surface area contributed by atoms with E-state index in [0.717, 1.165) is 76.0 Å². The van der Waals surface area contributed by atoms with Crippen LogP contribution in [0.2, 0.25) is 0 Å². The highest BCUT2D eigenvalue weighted by Crippen LogP contribution is 2.51. The third-order valence-electron chi connectivity index (χ3n) is 14.4. The maximum Gasteiger partial charge on any atom is 0.206 e. The number of anilines is 3. The first kappa shape index (κ1) is 43.5. The molecule has 1 aliphatic carbocycles. The summed E-state index contributed by atoms with van der Waals surface area (Å²) in [6.45, 7) is 43.7. The number of carbonyl (C=O) groups excluding carboxylic acids is 1. The van der Waals surface area contributed by atoms with Crippen molar-refractivity contribution in [3.63, 3.8) is 0 Å². The van der Waals surface area contributed by atoms with Crippen molar-refractivity contribution in [3.05, 3.63) is 81.7 Å². The third-order valence-corrected chi connectivity index (χ3v) is 14.4. The minimum absolute atomic E-state index is 0.0830. The first-order chi connectivity index (χ1) is 26.3. The molecule has 306 valence electrons. The number of fused-ring (bicyclic) bond motifs is 2. The molecular formula is C51H77N4O+. The summed E-state index contributed by atoms with van der Waals surface area (Å²) in [7, 11) is 0.